The molecule has 0 atom stereocenters. The van der Waals surface area contributed by atoms with Crippen molar-refractivity contribution in [3.63, 3.8) is 0 Å². The minimum atomic E-state index is 0. The van der Waals surface area contributed by atoms with E-state index in [9.17, 15) is 0 Å². The summed E-state index contributed by atoms with van der Waals surface area (Å²) in [5.74, 6) is 0. The molecule has 76 valence electrons. The summed E-state index contributed by atoms with van der Waals surface area (Å²) < 4.78 is 0. The fraction of sp³-hybridized carbons (Fsp3) is 0.833. The Kier molecular flexibility index (Phi) is 36.1. The first-order chi connectivity index (χ1) is 5.83. The molecule has 0 aromatic heterocycles. The van der Waals surface area contributed by atoms with Crippen molar-refractivity contribution in [1.29, 1.82) is 0 Å². The Balaban J connectivity index is -0.000000143. The van der Waals surface area contributed by atoms with Gasteiger partial charge in [-0.15, -0.1) is 0 Å². The van der Waals surface area contributed by atoms with Crippen LogP contribution in [0.4, 0.5) is 0 Å². The Bertz CT molecular complexity index is 37.1. The maximum absolute atomic E-state index is 3.72. The molecular formula is C12H26Ba. The first-order valence-corrected chi connectivity index (χ1v) is 5.41. The number of hydrogen-bond donors (Lipinski definition) is 0. The minimum Gasteiger partial charge on any atom is -0.343 e. The van der Waals surface area contributed by atoms with Gasteiger partial charge in [0, 0.05) is 0 Å². The van der Waals surface area contributed by atoms with Crippen LogP contribution in [-0.2, 0) is 0 Å². The van der Waals surface area contributed by atoms with Gasteiger partial charge in [0.1, 0.15) is 0 Å². The van der Waals surface area contributed by atoms with Gasteiger partial charge in [-0.2, -0.15) is 12.8 Å². The van der Waals surface area contributed by atoms with Crippen LogP contribution in [0.15, 0.2) is 0 Å². The molecule has 0 saturated carbocycles. The van der Waals surface area contributed by atoms with Crippen LogP contribution < -0.4 is 0 Å². The maximum atomic E-state index is 3.72. The van der Waals surface area contributed by atoms with E-state index in [2.05, 4.69) is 27.7 Å². The van der Waals surface area contributed by atoms with Gasteiger partial charge in [0.2, 0.25) is 0 Å². The molecule has 0 fully saturated rings. The molecule has 0 radical (unpaired) electrons. The summed E-state index contributed by atoms with van der Waals surface area (Å²) in [7, 11) is 0. The van der Waals surface area contributed by atoms with Crippen molar-refractivity contribution >= 4 is 48.9 Å². The van der Waals surface area contributed by atoms with Crippen LogP contribution in [-0.4, -0.2) is 48.9 Å². The Morgan fingerprint density at radius 3 is 1.08 bits per heavy atom. The number of hydrogen-bond acceptors (Lipinski definition) is 0. The molecule has 0 aliphatic rings. The van der Waals surface area contributed by atoms with Crippen molar-refractivity contribution in [1.82, 2.24) is 0 Å². The van der Waals surface area contributed by atoms with Crippen LogP contribution in [0.3, 0.4) is 0 Å². The first kappa shape index (κ1) is 20.0. The molecule has 0 saturated heterocycles. The molecule has 0 unspecified atom stereocenters. The second-order valence-corrected chi connectivity index (χ2v) is 3.12. The summed E-state index contributed by atoms with van der Waals surface area (Å²) in [6.45, 7) is 11.9. The van der Waals surface area contributed by atoms with Crippen LogP contribution in [0.1, 0.15) is 65.2 Å². The summed E-state index contributed by atoms with van der Waals surface area (Å²) in [6, 6.07) is 0. The van der Waals surface area contributed by atoms with Crippen LogP contribution in [0.5, 0.6) is 0 Å². The molecule has 0 spiro atoms. The molecule has 0 aliphatic heterocycles. The molecular weight excluding hydrogens is 281 g/mol. The van der Waals surface area contributed by atoms with Gasteiger partial charge in [-0.1, -0.05) is 52.4 Å². The smallest absolute Gasteiger partial charge is 0.343 e. The molecule has 0 aromatic rings. The third-order valence-electron chi connectivity index (χ3n) is 1.71. The predicted molar refractivity (Wildman–Crippen MR) is 64.8 cm³/mol. The quantitative estimate of drug-likeness (QED) is 0.387. The van der Waals surface area contributed by atoms with E-state index in [1.165, 1.54) is 38.5 Å². The monoisotopic (exact) mass is 308 g/mol. The van der Waals surface area contributed by atoms with Gasteiger partial charge in [0.05, 0.1) is 0 Å². The SMILES string of the molecule is [Ba+2].[CH2-]CCCCC.[CH2-]CCCCC. The van der Waals surface area contributed by atoms with E-state index in [1.807, 2.05) is 0 Å². The molecule has 0 N–H and O–H groups in total. The summed E-state index contributed by atoms with van der Waals surface area (Å²) in [6.07, 6.45) is 10.1. The van der Waals surface area contributed by atoms with Crippen LogP contribution >= 0.6 is 0 Å². The van der Waals surface area contributed by atoms with E-state index in [0.29, 0.717) is 0 Å². The second-order valence-electron chi connectivity index (χ2n) is 3.12. The van der Waals surface area contributed by atoms with Crippen molar-refractivity contribution < 1.29 is 0 Å². The Hall–Kier alpha value is 1.57. The Labute approximate surface area is 126 Å². The molecule has 0 aliphatic carbocycles. The van der Waals surface area contributed by atoms with Crippen molar-refractivity contribution in [2.45, 2.75) is 65.2 Å². The van der Waals surface area contributed by atoms with Crippen molar-refractivity contribution in [3.05, 3.63) is 13.8 Å². The normalized spacial score (nSPS) is 8.31. The molecule has 13 heavy (non-hydrogen) atoms. The average Bonchev–Trinajstić information content (AvgIpc) is 2.12. The van der Waals surface area contributed by atoms with Crippen LogP contribution in [0, 0.1) is 13.8 Å². The van der Waals surface area contributed by atoms with E-state index < -0.39 is 0 Å². The van der Waals surface area contributed by atoms with Gasteiger partial charge in [-0.25, -0.2) is 0 Å². The maximum Gasteiger partial charge on any atom is 2.00 e. The van der Waals surface area contributed by atoms with E-state index in [-0.39, 0.29) is 48.9 Å². The summed E-state index contributed by atoms with van der Waals surface area (Å²) >= 11 is 0. The zero-order valence-corrected chi connectivity index (χ0v) is 14.2. The zero-order valence-electron chi connectivity index (χ0n) is 9.78. The number of rotatable bonds is 6. The fourth-order valence-electron chi connectivity index (χ4n) is 0.854. The van der Waals surface area contributed by atoms with Crippen molar-refractivity contribution in [2.75, 3.05) is 0 Å². The van der Waals surface area contributed by atoms with Gasteiger partial charge >= 0.3 is 48.9 Å². The second kappa shape index (κ2) is 23.4. The summed E-state index contributed by atoms with van der Waals surface area (Å²) in [5, 5.41) is 0. The van der Waals surface area contributed by atoms with Gasteiger partial charge in [-0.05, 0) is 0 Å². The zero-order chi connectivity index (χ0) is 9.66. The van der Waals surface area contributed by atoms with Crippen molar-refractivity contribution in [2.24, 2.45) is 0 Å². The van der Waals surface area contributed by atoms with Crippen molar-refractivity contribution in [3.8, 4) is 0 Å². The first-order valence-electron chi connectivity index (χ1n) is 5.41. The Morgan fingerprint density at radius 1 is 0.692 bits per heavy atom. The molecule has 1 heteroatoms. The largest absolute Gasteiger partial charge is 2.00 e. The third kappa shape index (κ3) is 31.7. The van der Waals surface area contributed by atoms with Crippen LogP contribution in [0.25, 0.3) is 0 Å². The minimum absolute atomic E-state index is 0. The van der Waals surface area contributed by atoms with Gasteiger partial charge < -0.3 is 13.8 Å². The Morgan fingerprint density at radius 2 is 1.00 bits per heavy atom. The van der Waals surface area contributed by atoms with Gasteiger partial charge in [0.25, 0.3) is 0 Å². The van der Waals surface area contributed by atoms with Gasteiger partial charge in [-0.3, -0.25) is 0 Å². The van der Waals surface area contributed by atoms with Crippen LogP contribution in [0.2, 0.25) is 0 Å². The molecule has 0 nitrogen and oxygen atoms in total. The van der Waals surface area contributed by atoms with E-state index in [4.69, 9.17) is 0 Å². The van der Waals surface area contributed by atoms with E-state index >= 15 is 0 Å². The molecule has 0 heterocycles. The summed E-state index contributed by atoms with van der Waals surface area (Å²) in [4.78, 5) is 0. The topological polar surface area (TPSA) is 0 Å². The molecule has 0 amide bonds. The third-order valence-corrected chi connectivity index (χ3v) is 1.71. The standard InChI is InChI=1S/2C6H13.Ba/c2*1-3-5-6-4-2;/h2*1,3-6H2,2H3;/q2*-1;+2. The van der Waals surface area contributed by atoms with E-state index in [0.717, 1.165) is 12.8 Å². The van der Waals surface area contributed by atoms with Gasteiger partial charge in [0.15, 0.2) is 0 Å². The fourth-order valence-corrected chi connectivity index (χ4v) is 0.854. The molecule has 0 bridgehead atoms. The molecule has 0 rings (SSSR count). The average molecular weight is 308 g/mol. The number of unbranched alkanes of at least 4 members (excludes halogenated alkanes) is 6. The predicted octanol–water partition coefficient (Wildman–Crippen LogP) is 4.42. The summed E-state index contributed by atoms with van der Waals surface area (Å²) in [5.41, 5.74) is 0. The van der Waals surface area contributed by atoms with E-state index in [1.54, 1.807) is 0 Å². The molecule has 0 aromatic carbocycles.